The first-order valence-corrected chi connectivity index (χ1v) is 5.27. The molecule has 2 N–H and O–H groups in total. The van der Waals surface area contributed by atoms with Crippen molar-refractivity contribution < 1.29 is 39.9 Å². The lowest BCUT2D eigenvalue weighted by Gasteiger charge is -2.28. The normalized spacial score (nSPS) is 15.0. The number of ether oxygens (including phenoxy) is 1. The highest BCUT2D eigenvalue weighted by Crippen LogP contribution is 2.46. The predicted octanol–water partition coefficient (Wildman–Crippen LogP) is 3.91. The Balaban J connectivity index is 3.43. The Morgan fingerprint density at radius 2 is 1.52 bits per heavy atom. The summed E-state index contributed by atoms with van der Waals surface area (Å²) in [6.45, 7) is 0. The van der Waals surface area contributed by atoms with Gasteiger partial charge in [-0.3, -0.25) is 0 Å². The van der Waals surface area contributed by atoms with Gasteiger partial charge >= 0.3 is 18.3 Å². The van der Waals surface area contributed by atoms with Crippen molar-refractivity contribution in [3.63, 3.8) is 0 Å². The van der Waals surface area contributed by atoms with Crippen LogP contribution in [0.2, 0.25) is 0 Å². The van der Waals surface area contributed by atoms with Gasteiger partial charge in [0.2, 0.25) is 0 Å². The molecule has 0 heterocycles. The third-order valence-electron chi connectivity index (χ3n) is 2.67. The van der Waals surface area contributed by atoms with Crippen molar-refractivity contribution in [3.8, 4) is 5.75 Å². The quantitative estimate of drug-likeness (QED) is 0.856. The molecular weight excluding hydrogens is 314 g/mol. The van der Waals surface area contributed by atoms with Gasteiger partial charge < -0.3 is 10.5 Å². The van der Waals surface area contributed by atoms with Gasteiger partial charge in [-0.15, -0.1) is 0 Å². The molecule has 0 spiro atoms. The summed E-state index contributed by atoms with van der Waals surface area (Å²) in [4.78, 5) is 0. The molecule has 0 fully saturated rings. The lowest BCUT2D eigenvalue weighted by atomic mass is 9.95. The van der Waals surface area contributed by atoms with E-state index in [1.807, 2.05) is 0 Å². The molecule has 0 unspecified atom stereocenters. The monoisotopic (exact) mass is 323 g/mol. The molecule has 1 aromatic carbocycles. The molecule has 1 rings (SSSR count). The van der Waals surface area contributed by atoms with Crippen molar-refractivity contribution in [1.82, 2.24) is 0 Å². The Hall–Kier alpha value is -1.58. The van der Waals surface area contributed by atoms with Gasteiger partial charge in [-0.2, -0.15) is 35.1 Å². The minimum Gasteiger partial charge on any atom is -0.497 e. The highest BCUT2D eigenvalue weighted by Gasteiger charge is 2.62. The summed E-state index contributed by atoms with van der Waals surface area (Å²) in [5.74, 6) is -5.87. The molecule has 0 radical (unpaired) electrons. The van der Waals surface area contributed by atoms with Crippen molar-refractivity contribution >= 4 is 0 Å². The van der Waals surface area contributed by atoms with E-state index < -0.39 is 35.4 Å². The SMILES string of the molecule is COc1ccc([C@H](N)C(F)(F)C(F)(F)F)c(C(F)(F)F)c1. The summed E-state index contributed by atoms with van der Waals surface area (Å²) in [6.07, 6.45) is -11.2. The molecule has 0 aliphatic carbocycles. The van der Waals surface area contributed by atoms with Crippen molar-refractivity contribution in [2.45, 2.75) is 24.3 Å². The first-order valence-electron chi connectivity index (χ1n) is 5.27. The Kier molecular flexibility index (Phi) is 4.42. The van der Waals surface area contributed by atoms with E-state index >= 15 is 0 Å². The number of methoxy groups -OCH3 is 1. The number of benzene rings is 1. The van der Waals surface area contributed by atoms with Gasteiger partial charge in [0.1, 0.15) is 11.8 Å². The zero-order valence-electron chi connectivity index (χ0n) is 10.3. The summed E-state index contributed by atoms with van der Waals surface area (Å²) in [5, 5.41) is 0. The Labute approximate surface area is 113 Å². The molecule has 0 saturated heterocycles. The second-order valence-electron chi connectivity index (χ2n) is 4.05. The Bertz CT molecular complexity index is 508. The topological polar surface area (TPSA) is 35.2 Å². The average Bonchev–Trinajstić information content (AvgIpc) is 2.34. The first kappa shape index (κ1) is 17.5. The van der Waals surface area contributed by atoms with Crippen LogP contribution in [-0.4, -0.2) is 19.2 Å². The fourth-order valence-corrected chi connectivity index (χ4v) is 1.55. The zero-order valence-corrected chi connectivity index (χ0v) is 10.3. The van der Waals surface area contributed by atoms with Crippen LogP contribution in [-0.2, 0) is 6.18 Å². The number of nitrogens with two attached hydrogens (primary N) is 1. The van der Waals surface area contributed by atoms with Gasteiger partial charge in [0.05, 0.1) is 12.7 Å². The van der Waals surface area contributed by atoms with Gasteiger partial charge in [0.15, 0.2) is 0 Å². The molecular formula is C11H9F8NO. The van der Waals surface area contributed by atoms with E-state index in [9.17, 15) is 35.1 Å². The first-order chi connectivity index (χ1) is 9.32. The van der Waals surface area contributed by atoms with Crippen LogP contribution in [0.15, 0.2) is 18.2 Å². The van der Waals surface area contributed by atoms with Crippen LogP contribution in [0, 0.1) is 0 Å². The predicted molar refractivity (Wildman–Crippen MR) is 55.9 cm³/mol. The van der Waals surface area contributed by atoms with Crippen LogP contribution in [0.4, 0.5) is 35.1 Å². The maximum absolute atomic E-state index is 13.1. The van der Waals surface area contributed by atoms with Crippen LogP contribution >= 0.6 is 0 Å². The zero-order chi connectivity index (χ0) is 16.6. The summed E-state index contributed by atoms with van der Waals surface area (Å²) in [7, 11) is 1.01. The minimum absolute atomic E-state index is 0.307. The van der Waals surface area contributed by atoms with Crippen molar-refractivity contribution in [3.05, 3.63) is 29.3 Å². The number of halogens is 8. The van der Waals surface area contributed by atoms with Crippen LogP contribution in [0.5, 0.6) is 5.75 Å². The largest absolute Gasteiger partial charge is 0.497 e. The van der Waals surface area contributed by atoms with E-state index in [0.717, 1.165) is 13.2 Å². The molecule has 0 amide bonds. The van der Waals surface area contributed by atoms with E-state index in [-0.39, 0.29) is 5.75 Å². The molecule has 0 aliphatic rings. The van der Waals surface area contributed by atoms with Gasteiger partial charge in [-0.05, 0) is 17.7 Å². The molecule has 0 saturated carbocycles. The van der Waals surface area contributed by atoms with Crippen LogP contribution < -0.4 is 10.5 Å². The molecule has 120 valence electrons. The molecule has 2 nitrogen and oxygen atoms in total. The third-order valence-corrected chi connectivity index (χ3v) is 2.67. The summed E-state index contributed by atoms with van der Waals surface area (Å²) in [5.41, 5.74) is 1.66. The van der Waals surface area contributed by atoms with Crippen LogP contribution in [0.25, 0.3) is 0 Å². The standard InChI is InChI=1S/C11H9F8NO/c1-21-5-2-3-6(7(4-5)10(14,15)16)8(20)9(12,13)11(17,18)19/h2-4,8H,20H2,1H3/t8-/m0/s1. The van der Waals surface area contributed by atoms with Gasteiger partial charge in [0.25, 0.3) is 0 Å². The van der Waals surface area contributed by atoms with Crippen molar-refractivity contribution in [1.29, 1.82) is 0 Å². The molecule has 0 aliphatic heterocycles. The minimum atomic E-state index is -6.07. The number of rotatable bonds is 3. The molecule has 1 atom stereocenters. The highest BCUT2D eigenvalue weighted by atomic mass is 19.4. The number of hydrogen-bond acceptors (Lipinski definition) is 2. The lowest BCUT2D eigenvalue weighted by molar-refractivity contribution is -0.291. The fraction of sp³-hybridized carbons (Fsp3) is 0.455. The summed E-state index contributed by atoms with van der Waals surface area (Å²) < 4.78 is 106. The second kappa shape index (κ2) is 5.32. The number of hydrogen-bond donors (Lipinski definition) is 1. The van der Waals surface area contributed by atoms with Gasteiger partial charge in [-0.25, -0.2) is 0 Å². The van der Waals surface area contributed by atoms with Crippen molar-refractivity contribution in [2.24, 2.45) is 5.73 Å². The Morgan fingerprint density at radius 3 is 1.90 bits per heavy atom. The lowest BCUT2D eigenvalue weighted by Crippen LogP contribution is -2.46. The van der Waals surface area contributed by atoms with E-state index in [4.69, 9.17) is 5.73 Å². The number of alkyl halides is 8. The van der Waals surface area contributed by atoms with Gasteiger partial charge in [0, 0.05) is 0 Å². The molecule has 10 heteroatoms. The average molecular weight is 323 g/mol. The molecule has 0 aromatic heterocycles. The van der Waals surface area contributed by atoms with E-state index in [2.05, 4.69) is 4.74 Å². The Morgan fingerprint density at radius 1 is 1.00 bits per heavy atom. The smallest absolute Gasteiger partial charge is 0.455 e. The maximum Gasteiger partial charge on any atom is 0.455 e. The molecule has 1 aromatic rings. The van der Waals surface area contributed by atoms with E-state index in [1.165, 1.54) is 0 Å². The molecule has 21 heavy (non-hydrogen) atoms. The van der Waals surface area contributed by atoms with Crippen molar-refractivity contribution in [2.75, 3.05) is 7.11 Å². The van der Waals surface area contributed by atoms with Crippen LogP contribution in [0.1, 0.15) is 17.2 Å². The van der Waals surface area contributed by atoms with E-state index in [1.54, 1.807) is 0 Å². The fourth-order valence-electron chi connectivity index (χ4n) is 1.55. The summed E-state index contributed by atoms with van der Waals surface area (Å²) >= 11 is 0. The third kappa shape index (κ3) is 3.36. The summed E-state index contributed by atoms with van der Waals surface area (Å²) in [6, 6.07) is -1.63. The highest BCUT2D eigenvalue weighted by molar-refractivity contribution is 5.40. The van der Waals surface area contributed by atoms with Crippen LogP contribution in [0.3, 0.4) is 0 Å². The van der Waals surface area contributed by atoms with E-state index in [0.29, 0.717) is 12.1 Å². The maximum atomic E-state index is 13.1. The second-order valence-corrected chi connectivity index (χ2v) is 4.05. The van der Waals surface area contributed by atoms with Gasteiger partial charge in [-0.1, -0.05) is 6.07 Å². The molecule has 0 bridgehead atoms.